The van der Waals surface area contributed by atoms with E-state index in [0.717, 1.165) is 48.0 Å². The zero-order valence-electron chi connectivity index (χ0n) is 18.7. The van der Waals surface area contributed by atoms with Gasteiger partial charge in [-0.05, 0) is 63.9 Å². The van der Waals surface area contributed by atoms with Crippen molar-refractivity contribution < 1.29 is 14.3 Å². The summed E-state index contributed by atoms with van der Waals surface area (Å²) in [6, 6.07) is 7.45. The molecule has 0 radical (unpaired) electrons. The van der Waals surface area contributed by atoms with Gasteiger partial charge in [-0.3, -0.25) is 4.79 Å². The van der Waals surface area contributed by atoms with Crippen LogP contribution in [0.2, 0.25) is 0 Å². The van der Waals surface area contributed by atoms with Gasteiger partial charge in [0.05, 0.1) is 25.4 Å². The lowest BCUT2D eigenvalue weighted by Gasteiger charge is -2.35. The van der Waals surface area contributed by atoms with Gasteiger partial charge in [-0.25, -0.2) is 9.97 Å². The fraction of sp³-hybridized carbons (Fsp3) is 0.522. The molecule has 0 spiro atoms. The average molecular weight is 426 g/mol. The summed E-state index contributed by atoms with van der Waals surface area (Å²) in [7, 11) is 3.51. The minimum Gasteiger partial charge on any atom is -0.497 e. The van der Waals surface area contributed by atoms with Crippen molar-refractivity contribution in [1.29, 1.82) is 0 Å². The molecular formula is C23H31N5O3. The van der Waals surface area contributed by atoms with Crippen LogP contribution in [-0.4, -0.2) is 53.6 Å². The third-order valence-electron chi connectivity index (χ3n) is 5.93. The molecule has 1 atom stereocenters. The molecule has 2 aromatic rings. The van der Waals surface area contributed by atoms with Crippen molar-refractivity contribution >= 4 is 11.7 Å². The van der Waals surface area contributed by atoms with Crippen molar-refractivity contribution in [3.8, 4) is 11.5 Å². The number of hydrogen-bond donors (Lipinski definition) is 2. The lowest BCUT2D eigenvalue weighted by atomic mass is 10.0. The molecule has 1 aromatic carbocycles. The molecule has 3 heterocycles. The van der Waals surface area contributed by atoms with Gasteiger partial charge in [0.2, 0.25) is 0 Å². The topological polar surface area (TPSA) is 88.6 Å². The lowest BCUT2D eigenvalue weighted by molar-refractivity contribution is -0.146. The number of methoxy groups -OCH3 is 1. The summed E-state index contributed by atoms with van der Waals surface area (Å²) in [5.41, 5.74) is 1.02. The first kappa shape index (κ1) is 21.4. The van der Waals surface area contributed by atoms with Crippen LogP contribution in [0, 0.1) is 0 Å². The van der Waals surface area contributed by atoms with E-state index in [2.05, 4.69) is 10.6 Å². The van der Waals surface area contributed by atoms with E-state index in [1.807, 2.05) is 50.1 Å². The monoisotopic (exact) mass is 425 g/mol. The van der Waals surface area contributed by atoms with Gasteiger partial charge < -0.3 is 25.0 Å². The first-order valence-electron chi connectivity index (χ1n) is 10.8. The number of fused-ring (bicyclic) bond motifs is 1. The second-order valence-corrected chi connectivity index (χ2v) is 8.52. The zero-order valence-corrected chi connectivity index (χ0v) is 18.7. The third kappa shape index (κ3) is 4.44. The van der Waals surface area contributed by atoms with E-state index < -0.39 is 5.60 Å². The molecule has 2 aliphatic rings. The summed E-state index contributed by atoms with van der Waals surface area (Å²) in [6.45, 7) is 5.67. The molecule has 8 heteroatoms. The second kappa shape index (κ2) is 8.70. The van der Waals surface area contributed by atoms with Crippen LogP contribution < -0.4 is 20.1 Å². The number of nitrogens with one attached hydrogen (secondary N) is 2. The molecule has 0 bridgehead atoms. The van der Waals surface area contributed by atoms with E-state index in [-0.39, 0.29) is 11.9 Å². The Kier molecular flexibility index (Phi) is 6.00. The van der Waals surface area contributed by atoms with Gasteiger partial charge in [0.15, 0.2) is 5.60 Å². The Balaban J connectivity index is 1.52. The van der Waals surface area contributed by atoms with E-state index in [0.29, 0.717) is 25.3 Å². The Morgan fingerprint density at radius 3 is 2.61 bits per heavy atom. The van der Waals surface area contributed by atoms with Gasteiger partial charge >= 0.3 is 0 Å². The van der Waals surface area contributed by atoms with Gasteiger partial charge in [-0.15, -0.1) is 0 Å². The van der Waals surface area contributed by atoms with E-state index in [1.165, 1.54) is 0 Å². The van der Waals surface area contributed by atoms with Gasteiger partial charge in [-0.1, -0.05) is 0 Å². The highest BCUT2D eigenvalue weighted by molar-refractivity contribution is 5.85. The van der Waals surface area contributed by atoms with Crippen molar-refractivity contribution in [2.75, 3.05) is 32.6 Å². The molecule has 8 nitrogen and oxygen atoms in total. The Morgan fingerprint density at radius 2 is 1.97 bits per heavy atom. The average Bonchev–Trinajstić information content (AvgIpc) is 3.32. The van der Waals surface area contributed by atoms with Crippen LogP contribution in [0.25, 0.3) is 0 Å². The summed E-state index contributed by atoms with van der Waals surface area (Å²) in [5.74, 6) is 3.00. The van der Waals surface area contributed by atoms with E-state index in [9.17, 15) is 4.79 Å². The van der Waals surface area contributed by atoms with Crippen molar-refractivity contribution in [2.24, 2.45) is 0 Å². The van der Waals surface area contributed by atoms with Crippen molar-refractivity contribution in [1.82, 2.24) is 20.2 Å². The second-order valence-electron chi connectivity index (χ2n) is 8.52. The lowest BCUT2D eigenvalue weighted by Crippen LogP contribution is -2.50. The first-order valence-corrected chi connectivity index (χ1v) is 10.8. The molecule has 0 aliphatic carbocycles. The summed E-state index contributed by atoms with van der Waals surface area (Å²) in [5, 5.41) is 6.68. The van der Waals surface area contributed by atoms with E-state index >= 15 is 0 Å². The predicted octanol–water partition coefficient (Wildman–Crippen LogP) is 2.69. The van der Waals surface area contributed by atoms with Crippen LogP contribution in [0.3, 0.4) is 0 Å². The summed E-state index contributed by atoms with van der Waals surface area (Å²) < 4.78 is 11.2. The number of hydrogen-bond acceptors (Lipinski definition) is 7. The molecule has 1 fully saturated rings. The minimum atomic E-state index is -0.999. The predicted molar refractivity (Wildman–Crippen MR) is 118 cm³/mol. The number of nitrogens with zero attached hydrogens (tertiary/aromatic N) is 3. The van der Waals surface area contributed by atoms with Crippen LogP contribution >= 0.6 is 0 Å². The Morgan fingerprint density at radius 1 is 1.23 bits per heavy atom. The normalized spacial score (nSPS) is 18.5. The first-order chi connectivity index (χ1) is 14.9. The van der Waals surface area contributed by atoms with Crippen LogP contribution in [-0.2, 0) is 17.8 Å². The van der Waals surface area contributed by atoms with E-state index in [4.69, 9.17) is 19.4 Å². The molecule has 2 aliphatic heterocycles. The van der Waals surface area contributed by atoms with Crippen molar-refractivity contribution in [3.05, 3.63) is 41.3 Å². The van der Waals surface area contributed by atoms with Crippen LogP contribution in [0.1, 0.15) is 49.8 Å². The van der Waals surface area contributed by atoms with Crippen LogP contribution in [0.15, 0.2) is 24.3 Å². The number of ether oxygens (including phenoxy) is 2. The van der Waals surface area contributed by atoms with Crippen LogP contribution in [0.5, 0.6) is 11.5 Å². The number of rotatable bonds is 6. The largest absolute Gasteiger partial charge is 0.497 e. The fourth-order valence-corrected chi connectivity index (χ4v) is 4.25. The number of carbonyl (C=O) groups is 1. The molecule has 1 amide bonds. The molecule has 0 saturated carbocycles. The van der Waals surface area contributed by atoms with Crippen molar-refractivity contribution in [3.63, 3.8) is 0 Å². The molecule has 166 valence electrons. The molecule has 31 heavy (non-hydrogen) atoms. The number of amides is 1. The maximum atomic E-state index is 13.4. The number of carbonyl (C=O) groups excluding carboxylic acids is 1. The van der Waals surface area contributed by atoms with Crippen molar-refractivity contribution in [2.45, 2.75) is 51.3 Å². The van der Waals surface area contributed by atoms with Crippen LogP contribution in [0.4, 0.5) is 5.82 Å². The maximum absolute atomic E-state index is 13.4. The quantitative estimate of drug-likeness (QED) is 0.736. The van der Waals surface area contributed by atoms with Gasteiger partial charge in [0, 0.05) is 19.2 Å². The third-order valence-corrected chi connectivity index (χ3v) is 5.93. The summed E-state index contributed by atoms with van der Waals surface area (Å²) in [6.07, 6.45) is 2.88. The number of aromatic nitrogens is 2. The molecule has 2 N–H and O–H groups in total. The number of anilines is 1. The SMILES string of the molecule is CNc1nc(C2CCCN2)nc2c1CCN(C(=O)C(C)(C)Oc1ccc(OC)cc1)C2. The Bertz CT molecular complexity index is 939. The maximum Gasteiger partial charge on any atom is 0.266 e. The molecule has 1 unspecified atom stereocenters. The Labute approximate surface area is 183 Å². The molecule has 4 rings (SSSR count). The fourth-order valence-electron chi connectivity index (χ4n) is 4.25. The van der Waals surface area contributed by atoms with Gasteiger partial charge in [-0.2, -0.15) is 0 Å². The Hall–Kier alpha value is -2.87. The molecule has 1 saturated heterocycles. The van der Waals surface area contributed by atoms with Gasteiger partial charge in [0.25, 0.3) is 5.91 Å². The highest BCUT2D eigenvalue weighted by Gasteiger charge is 2.37. The van der Waals surface area contributed by atoms with Gasteiger partial charge in [0.1, 0.15) is 23.1 Å². The zero-order chi connectivity index (χ0) is 22.0. The number of benzene rings is 1. The summed E-state index contributed by atoms with van der Waals surface area (Å²) in [4.78, 5) is 24.8. The van der Waals surface area contributed by atoms with E-state index in [1.54, 1.807) is 7.11 Å². The molecular weight excluding hydrogens is 394 g/mol. The minimum absolute atomic E-state index is 0.0564. The summed E-state index contributed by atoms with van der Waals surface area (Å²) >= 11 is 0. The molecule has 1 aromatic heterocycles. The highest BCUT2D eigenvalue weighted by atomic mass is 16.5. The standard InChI is InChI=1S/C23H31N5O3/c1-23(2,31-16-9-7-15(30-4)8-10-16)22(29)28-13-11-17-19(14-28)26-21(27-20(17)24-3)18-6-5-12-25-18/h7-10,18,25H,5-6,11-14H2,1-4H3,(H,24,26,27). The smallest absolute Gasteiger partial charge is 0.266 e. The highest BCUT2D eigenvalue weighted by Crippen LogP contribution is 2.30.